The predicted octanol–water partition coefficient (Wildman–Crippen LogP) is 1.94. The topological polar surface area (TPSA) is 41.1 Å². The van der Waals surface area contributed by atoms with Crippen LogP contribution < -0.4 is 10.6 Å². The van der Waals surface area contributed by atoms with Gasteiger partial charge in [-0.2, -0.15) is 0 Å². The molecule has 1 heterocycles. The molecule has 0 bridgehead atoms. The third-order valence-corrected chi connectivity index (χ3v) is 4.40. The van der Waals surface area contributed by atoms with Crippen molar-refractivity contribution in [2.24, 2.45) is 11.8 Å². The number of nitrogens with one attached hydrogen (secondary N) is 2. The molecular weight excluding hydrogens is 259 g/mol. The van der Waals surface area contributed by atoms with Crippen molar-refractivity contribution in [2.45, 2.75) is 6.04 Å². The normalized spacial score (nSPS) is 29.9. The average Bonchev–Trinajstić information content (AvgIpc) is 2.76. The molecule has 1 saturated carbocycles. The van der Waals surface area contributed by atoms with E-state index in [9.17, 15) is 4.79 Å². The number of hydrogen-bond donors (Lipinski definition) is 2. The smallest absolute Gasteiger partial charge is 0.253 e. The second-order valence-electron chi connectivity index (χ2n) is 4.59. The number of carbonyl (C=O) groups is 1. The molecule has 1 aliphatic heterocycles. The van der Waals surface area contributed by atoms with Crippen LogP contribution in [0.4, 0.5) is 0 Å². The fourth-order valence-corrected chi connectivity index (χ4v) is 2.93. The highest BCUT2D eigenvalue weighted by atomic mass is 35.5. The Hall–Kier alpha value is -0.770. The number of fused-ring (bicyclic) bond motifs is 1. The zero-order valence-corrected chi connectivity index (χ0v) is 10.6. The first-order valence-corrected chi connectivity index (χ1v) is 6.39. The van der Waals surface area contributed by atoms with Crippen LogP contribution in [-0.2, 0) is 0 Å². The summed E-state index contributed by atoms with van der Waals surface area (Å²) in [6.45, 7) is 2.00. The van der Waals surface area contributed by atoms with Gasteiger partial charge < -0.3 is 10.6 Å². The van der Waals surface area contributed by atoms with E-state index >= 15 is 0 Å². The number of rotatable bonds is 2. The molecule has 2 aliphatic rings. The van der Waals surface area contributed by atoms with Gasteiger partial charge >= 0.3 is 0 Å². The summed E-state index contributed by atoms with van der Waals surface area (Å²) in [5, 5.41) is 7.05. The zero-order chi connectivity index (χ0) is 12.0. The molecule has 2 N–H and O–H groups in total. The van der Waals surface area contributed by atoms with Crippen LogP contribution in [0.25, 0.3) is 0 Å². The van der Waals surface area contributed by atoms with E-state index in [4.69, 9.17) is 23.2 Å². The second kappa shape index (κ2) is 4.16. The third kappa shape index (κ3) is 1.92. The van der Waals surface area contributed by atoms with Gasteiger partial charge in [-0.25, -0.2) is 0 Å². The number of carbonyl (C=O) groups excluding carboxylic acids is 1. The summed E-state index contributed by atoms with van der Waals surface area (Å²) in [4.78, 5) is 12.0. The molecule has 17 heavy (non-hydrogen) atoms. The Morgan fingerprint density at radius 3 is 2.71 bits per heavy atom. The van der Waals surface area contributed by atoms with Gasteiger partial charge in [-0.3, -0.25) is 4.79 Å². The summed E-state index contributed by atoms with van der Waals surface area (Å²) in [5.41, 5.74) is 0.456. The summed E-state index contributed by atoms with van der Waals surface area (Å²) >= 11 is 11.9. The van der Waals surface area contributed by atoms with Crippen molar-refractivity contribution < 1.29 is 4.79 Å². The van der Waals surface area contributed by atoms with Gasteiger partial charge in [0.25, 0.3) is 5.91 Å². The van der Waals surface area contributed by atoms with Crippen molar-refractivity contribution >= 4 is 29.1 Å². The van der Waals surface area contributed by atoms with Crippen molar-refractivity contribution in [1.29, 1.82) is 0 Å². The largest absolute Gasteiger partial charge is 0.349 e. The molecule has 0 radical (unpaired) electrons. The van der Waals surface area contributed by atoms with E-state index in [0.29, 0.717) is 33.5 Å². The first-order valence-electron chi connectivity index (χ1n) is 5.64. The molecule has 1 amide bonds. The summed E-state index contributed by atoms with van der Waals surface area (Å²) in [6, 6.07) is 5.41. The van der Waals surface area contributed by atoms with Crippen LogP contribution >= 0.6 is 23.2 Å². The van der Waals surface area contributed by atoms with Crippen LogP contribution in [0.2, 0.25) is 10.0 Å². The second-order valence-corrected chi connectivity index (χ2v) is 5.37. The van der Waals surface area contributed by atoms with Gasteiger partial charge in [0, 0.05) is 19.1 Å². The van der Waals surface area contributed by atoms with Gasteiger partial charge in [-0.05, 0) is 24.0 Å². The number of halogens is 2. The van der Waals surface area contributed by atoms with E-state index in [0.717, 1.165) is 13.1 Å². The van der Waals surface area contributed by atoms with E-state index < -0.39 is 0 Å². The lowest BCUT2D eigenvalue weighted by Gasteiger charge is -2.09. The van der Waals surface area contributed by atoms with Gasteiger partial charge in [-0.15, -0.1) is 0 Å². The molecule has 0 aromatic heterocycles. The molecule has 1 saturated heterocycles. The molecule has 1 aliphatic carbocycles. The monoisotopic (exact) mass is 270 g/mol. The molecule has 3 rings (SSSR count). The lowest BCUT2D eigenvalue weighted by Crippen LogP contribution is -2.32. The van der Waals surface area contributed by atoms with E-state index in [-0.39, 0.29) is 5.91 Å². The molecule has 5 heteroatoms. The standard InChI is InChI=1S/C12H12Cl2N2O/c13-9-3-1-2-6(10(9)14)12(17)16-11-7-4-15-5-8(7)11/h1-3,7-8,11,15H,4-5H2,(H,16,17). The molecule has 3 nitrogen and oxygen atoms in total. The molecule has 1 aromatic rings. The maximum Gasteiger partial charge on any atom is 0.253 e. The Bertz CT molecular complexity index is 468. The first kappa shape index (κ1) is 11.3. The van der Waals surface area contributed by atoms with Gasteiger partial charge in [0.15, 0.2) is 0 Å². The van der Waals surface area contributed by atoms with Crippen LogP contribution in [-0.4, -0.2) is 25.0 Å². The molecule has 2 unspecified atom stereocenters. The lowest BCUT2D eigenvalue weighted by molar-refractivity contribution is 0.0946. The van der Waals surface area contributed by atoms with Crippen LogP contribution in [0.5, 0.6) is 0 Å². The highest BCUT2D eigenvalue weighted by molar-refractivity contribution is 6.43. The number of hydrogen-bond acceptors (Lipinski definition) is 2. The van der Waals surface area contributed by atoms with E-state index in [1.54, 1.807) is 18.2 Å². The summed E-state index contributed by atoms with van der Waals surface area (Å²) in [6.07, 6.45) is 0. The van der Waals surface area contributed by atoms with Crippen molar-refractivity contribution in [3.63, 3.8) is 0 Å². The lowest BCUT2D eigenvalue weighted by atomic mass is 10.2. The molecule has 0 spiro atoms. The minimum absolute atomic E-state index is 0.128. The van der Waals surface area contributed by atoms with Crippen molar-refractivity contribution in [3.05, 3.63) is 33.8 Å². The summed E-state index contributed by atoms with van der Waals surface area (Å²) in [5.74, 6) is 1.06. The zero-order valence-electron chi connectivity index (χ0n) is 9.04. The fraction of sp³-hybridized carbons (Fsp3) is 0.417. The van der Waals surface area contributed by atoms with Gasteiger partial charge in [0.05, 0.1) is 15.6 Å². The molecular formula is C12H12Cl2N2O. The Kier molecular flexibility index (Phi) is 2.77. The van der Waals surface area contributed by atoms with Gasteiger partial charge in [0.2, 0.25) is 0 Å². The maximum absolute atomic E-state index is 12.0. The average molecular weight is 271 g/mol. The Morgan fingerprint density at radius 2 is 2.00 bits per heavy atom. The van der Waals surface area contributed by atoms with Crippen LogP contribution in [0.1, 0.15) is 10.4 Å². The van der Waals surface area contributed by atoms with Crippen molar-refractivity contribution in [3.8, 4) is 0 Å². The Balaban J connectivity index is 1.72. The summed E-state index contributed by atoms with van der Waals surface area (Å²) < 4.78 is 0. The molecule has 1 aromatic carbocycles. The number of amides is 1. The highest BCUT2D eigenvalue weighted by Crippen LogP contribution is 2.41. The quantitative estimate of drug-likeness (QED) is 0.863. The summed E-state index contributed by atoms with van der Waals surface area (Å²) in [7, 11) is 0. The Morgan fingerprint density at radius 1 is 1.29 bits per heavy atom. The minimum atomic E-state index is -0.128. The number of piperidine rings is 1. The van der Waals surface area contributed by atoms with Crippen LogP contribution in [0.3, 0.4) is 0 Å². The van der Waals surface area contributed by atoms with E-state index in [2.05, 4.69) is 10.6 Å². The SMILES string of the molecule is O=C(NC1C2CNCC21)c1cccc(Cl)c1Cl. The molecule has 2 fully saturated rings. The maximum atomic E-state index is 12.0. The third-order valence-electron chi connectivity index (χ3n) is 3.59. The van der Waals surface area contributed by atoms with E-state index in [1.165, 1.54) is 0 Å². The highest BCUT2D eigenvalue weighted by Gasteiger charge is 2.53. The number of benzene rings is 1. The van der Waals surface area contributed by atoms with Crippen LogP contribution in [0, 0.1) is 11.8 Å². The van der Waals surface area contributed by atoms with Gasteiger partial charge in [-0.1, -0.05) is 29.3 Å². The molecule has 2 atom stereocenters. The van der Waals surface area contributed by atoms with Crippen LogP contribution in [0.15, 0.2) is 18.2 Å². The molecule has 90 valence electrons. The predicted molar refractivity (Wildman–Crippen MR) is 67.6 cm³/mol. The fourth-order valence-electron chi connectivity index (χ4n) is 2.54. The van der Waals surface area contributed by atoms with Gasteiger partial charge in [0.1, 0.15) is 0 Å². The first-order chi connectivity index (χ1) is 8.18. The van der Waals surface area contributed by atoms with Crippen molar-refractivity contribution in [1.82, 2.24) is 10.6 Å². The van der Waals surface area contributed by atoms with E-state index in [1.807, 2.05) is 0 Å². The van der Waals surface area contributed by atoms with Crippen molar-refractivity contribution in [2.75, 3.05) is 13.1 Å². The Labute approximate surface area is 109 Å². The minimum Gasteiger partial charge on any atom is -0.349 e.